The smallest absolute Gasteiger partial charge is 0.131 e. The lowest BCUT2D eigenvalue weighted by Crippen LogP contribution is -2.41. The lowest BCUT2D eigenvalue weighted by atomic mass is 9.89. The van der Waals surface area contributed by atoms with Crippen molar-refractivity contribution in [3.8, 4) is 0 Å². The molecule has 0 bridgehead atoms. The number of hydrogen-bond donors (Lipinski definition) is 0. The molecule has 4 heteroatoms. The molecule has 0 radical (unpaired) electrons. The van der Waals surface area contributed by atoms with Crippen molar-refractivity contribution in [2.45, 2.75) is 89.1 Å². The van der Waals surface area contributed by atoms with Crippen molar-refractivity contribution in [1.29, 1.82) is 0 Å². The molecular weight excluding hydrogens is 320 g/mol. The highest BCUT2D eigenvalue weighted by Gasteiger charge is 2.24. The van der Waals surface area contributed by atoms with Crippen LogP contribution in [0.5, 0.6) is 0 Å². The Morgan fingerprint density at radius 2 is 1.50 bits per heavy atom. The van der Waals surface area contributed by atoms with Crippen LogP contribution < -0.4 is 0 Å². The van der Waals surface area contributed by atoms with E-state index in [0.29, 0.717) is 5.92 Å². The van der Waals surface area contributed by atoms with Crippen LogP contribution in [0, 0.1) is 0 Å². The molecule has 2 saturated heterocycles. The minimum absolute atomic E-state index is 0.612. The molecule has 1 aromatic rings. The summed E-state index contributed by atoms with van der Waals surface area (Å²) in [5.74, 6) is 1.71. The molecule has 1 aromatic heterocycles. The summed E-state index contributed by atoms with van der Waals surface area (Å²) in [6.45, 7) is 6.22. The Hall–Kier alpha value is -1.00. The zero-order valence-corrected chi connectivity index (χ0v) is 16.4. The van der Waals surface area contributed by atoms with Gasteiger partial charge in [0.05, 0.1) is 0 Å². The van der Waals surface area contributed by atoms with Crippen LogP contribution in [-0.2, 0) is 6.54 Å². The predicted molar refractivity (Wildman–Crippen MR) is 106 cm³/mol. The molecule has 4 nitrogen and oxygen atoms in total. The Morgan fingerprint density at radius 1 is 0.808 bits per heavy atom. The summed E-state index contributed by atoms with van der Waals surface area (Å²) >= 11 is 0. The number of nitrogens with zero attached hydrogens (tertiary/aromatic N) is 4. The summed E-state index contributed by atoms with van der Waals surface area (Å²) in [5, 5.41) is 0. The van der Waals surface area contributed by atoms with Gasteiger partial charge in [-0.05, 0) is 71.1 Å². The van der Waals surface area contributed by atoms with Gasteiger partial charge in [0.2, 0.25) is 0 Å². The monoisotopic (exact) mass is 356 g/mol. The quantitative estimate of drug-likeness (QED) is 0.758. The Morgan fingerprint density at radius 3 is 2.27 bits per heavy atom. The highest BCUT2D eigenvalue weighted by molar-refractivity contribution is 5.08. The second-order valence-electron chi connectivity index (χ2n) is 8.74. The standard InChI is InChI=1S/C22H36N4/c1-2-8-20(9-3-1)22-23-16-19(17-24-22)18-26-14-5-4-10-21(26)11-15-25-12-6-7-13-25/h16-17,20-21H,1-15,18H2. The Labute approximate surface area is 159 Å². The summed E-state index contributed by atoms with van der Waals surface area (Å²) in [5.41, 5.74) is 1.30. The van der Waals surface area contributed by atoms with Gasteiger partial charge in [-0.15, -0.1) is 0 Å². The molecule has 0 N–H and O–H groups in total. The van der Waals surface area contributed by atoms with Crippen molar-refractivity contribution >= 4 is 0 Å². The van der Waals surface area contributed by atoms with Gasteiger partial charge in [-0.1, -0.05) is 25.7 Å². The lowest BCUT2D eigenvalue weighted by Gasteiger charge is -2.36. The average molecular weight is 357 g/mol. The van der Waals surface area contributed by atoms with Crippen LogP contribution in [0.4, 0.5) is 0 Å². The van der Waals surface area contributed by atoms with Crippen LogP contribution in [0.25, 0.3) is 0 Å². The third kappa shape index (κ3) is 4.83. The van der Waals surface area contributed by atoms with E-state index in [2.05, 4.69) is 22.2 Å². The van der Waals surface area contributed by atoms with Crippen LogP contribution in [-0.4, -0.2) is 52.0 Å². The molecule has 0 aromatic carbocycles. The van der Waals surface area contributed by atoms with Gasteiger partial charge in [-0.3, -0.25) is 4.90 Å². The Balaban J connectivity index is 1.31. The molecular formula is C22H36N4. The first-order valence-corrected chi connectivity index (χ1v) is 11.2. The zero-order valence-electron chi connectivity index (χ0n) is 16.4. The van der Waals surface area contributed by atoms with Crippen LogP contribution >= 0.6 is 0 Å². The van der Waals surface area contributed by atoms with Gasteiger partial charge in [-0.2, -0.15) is 0 Å². The van der Waals surface area contributed by atoms with E-state index in [4.69, 9.17) is 9.97 Å². The van der Waals surface area contributed by atoms with Crippen molar-refractivity contribution in [3.63, 3.8) is 0 Å². The minimum Gasteiger partial charge on any atom is -0.303 e. The molecule has 1 aliphatic carbocycles. The summed E-state index contributed by atoms with van der Waals surface area (Å²) in [6.07, 6.45) is 19.1. The number of likely N-dealkylation sites (tertiary alicyclic amines) is 2. The van der Waals surface area contributed by atoms with E-state index in [9.17, 15) is 0 Å². The summed E-state index contributed by atoms with van der Waals surface area (Å²) in [6, 6.07) is 0.752. The maximum Gasteiger partial charge on any atom is 0.131 e. The zero-order chi connectivity index (χ0) is 17.6. The summed E-state index contributed by atoms with van der Waals surface area (Å²) < 4.78 is 0. The molecule has 1 unspecified atom stereocenters. The predicted octanol–water partition coefficient (Wildman–Crippen LogP) is 4.36. The average Bonchev–Trinajstić information content (AvgIpc) is 3.22. The number of aromatic nitrogens is 2. The van der Waals surface area contributed by atoms with Gasteiger partial charge in [0.15, 0.2) is 0 Å². The highest BCUT2D eigenvalue weighted by atomic mass is 15.2. The van der Waals surface area contributed by atoms with Crippen LogP contribution in [0.15, 0.2) is 12.4 Å². The fourth-order valence-corrected chi connectivity index (χ4v) is 5.19. The van der Waals surface area contributed by atoms with Gasteiger partial charge in [0.1, 0.15) is 5.82 Å². The molecule has 1 atom stereocenters. The van der Waals surface area contributed by atoms with Crippen LogP contribution in [0.3, 0.4) is 0 Å². The fraction of sp³-hybridized carbons (Fsp3) is 0.818. The normalized spacial score (nSPS) is 26.4. The molecule has 26 heavy (non-hydrogen) atoms. The van der Waals surface area contributed by atoms with Crippen LogP contribution in [0.2, 0.25) is 0 Å². The van der Waals surface area contributed by atoms with Gasteiger partial charge in [0, 0.05) is 36.5 Å². The third-order valence-electron chi connectivity index (χ3n) is 6.81. The summed E-state index contributed by atoms with van der Waals surface area (Å²) in [7, 11) is 0. The lowest BCUT2D eigenvalue weighted by molar-refractivity contribution is 0.121. The first-order valence-electron chi connectivity index (χ1n) is 11.2. The van der Waals surface area contributed by atoms with E-state index in [1.807, 2.05) is 0 Å². The number of rotatable bonds is 6. The topological polar surface area (TPSA) is 32.3 Å². The SMILES string of the molecule is c1nc(C2CCCCC2)ncc1CN1CCCCC1CCN1CCCC1. The second kappa shape index (κ2) is 9.27. The van der Waals surface area contributed by atoms with Gasteiger partial charge < -0.3 is 4.90 Å². The van der Waals surface area contributed by atoms with E-state index in [-0.39, 0.29) is 0 Å². The molecule has 1 saturated carbocycles. The molecule has 0 spiro atoms. The number of hydrogen-bond acceptors (Lipinski definition) is 4. The van der Waals surface area contributed by atoms with Crippen molar-refractivity contribution in [2.24, 2.45) is 0 Å². The van der Waals surface area contributed by atoms with Gasteiger partial charge >= 0.3 is 0 Å². The highest BCUT2D eigenvalue weighted by Crippen LogP contribution is 2.30. The first kappa shape index (κ1) is 18.4. The van der Waals surface area contributed by atoms with Gasteiger partial charge in [0.25, 0.3) is 0 Å². The first-order chi connectivity index (χ1) is 12.9. The van der Waals surface area contributed by atoms with Crippen molar-refractivity contribution in [3.05, 3.63) is 23.8 Å². The largest absolute Gasteiger partial charge is 0.303 e. The maximum atomic E-state index is 4.76. The van der Waals surface area contributed by atoms with E-state index in [1.54, 1.807) is 0 Å². The van der Waals surface area contributed by atoms with Crippen LogP contribution in [0.1, 0.15) is 87.9 Å². The molecule has 144 valence electrons. The molecule has 2 aliphatic heterocycles. The van der Waals surface area contributed by atoms with E-state index in [0.717, 1.165) is 18.4 Å². The van der Waals surface area contributed by atoms with Crippen molar-refractivity contribution in [2.75, 3.05) is 26.2 Å². The molecule has 0 amide bonds. The summed E-state index contributed by atoms with van der Waals surface area (Å²) in [4.78, 5) is 14.9. The Kier molecular flexibility index (Phi) is 6.55. The van der Waals surface area contributed by atoms with Crippen molar-refractivity contribution in [1.82, 2.24) is 19.8 Å². The molecule has 3 heterocycles. The van der Waals surface area contributed by atoms with E-state index < -0.39 is 0 Å². The molecule has 3 aliphatic rings. The fourth-order valence-electron chi connectivity index (χ4n) is 5.19. The minimum atomic E-state index is 0.612. The van der Waals surface area contributed by atoms with Crippen molar-refractivity contribution < 1.29 is 0 Å². The number of piperidine rings is 1. The maximum absolute atomic E-state index is 4.76. The third-order valence-corrected chi connectivity index (χ3v) is 6.81. The second-order valence-corrected chi connectivity index (χ2v) is 8.74. The van der Waals surface area contributed by atoms with E-state index >= 15 is 0 Å². The van der Waals surface area contributed by atoms with Gasteiger partial charge in [-0.25, -0.2) is 9.97 Å². The molecule has 3 fully saturated rings. The molecule has 4 rings (SSSR count). The Bertz CT molecular complexity index is 532. The van der Waals surface area contributed by atoms with E-state index in [1.165, 1.54) is 102 Å².